The van der Waals surface area contributed by atoms with Gasteiger partial charge in [-0.15, -0.1) is 0 Å². The Morgan fingerprint density at radius 2 is 0.631 bits per heavy atom. The summed E-state index contributed by atoms with van der Waals surface area (Å²) in [5, 5.41) is 23.3. The van der Waals surface area contributed by atoms with Crippen LogP contribution in [0.2, 0.25) is 0 Å². The number of aliphatic hydroxyl groups excluding tert-OH is 2. The molecule has 388 valence electrons. The maximum absolute atomic E-state index is 12.5. The van der Waals surface area contributed by atoms with E-state index in [4.69, 9.17) is 4.74 Å². The summed E-state index contributed by atoms with van der Waals surface area (Å²) in [4.78, 5) is 24.6. The van der Waals surface area contributed by atoms with E-state index in [0.29, 0.717) is 25.9 Å². The third kappa shape index (κ3) is 52.1. The van der Waals surface area contributed by atoms with Gasteiger partial charge in [0.1, 0.15) is 0 Å². The number of carbonyl (C=O) groups excluding carboxylic acids is 2. The molecule has 2 unspecified atom stereocenters. The van der Waals surface area contributed by atoms with Crippen LogP contribution in [-0.4, -0.2) is 47.4 Å². The van der Waals surface area contributed by atoms with Gasteiger partial charge in [0.25, 0.3) is 0 Å². The molecule has 0 aromatic heterocycles. The highest BCUT2D eigenvalue weighted by Gasteiger charge is 2.20. The van der Waals surface area contributed by atoms with Crippen LogP contribution >= 0.6 is 0 Å². The molecular weight excluding hydrogens is 803 g/mol. The summed E-state index contributed by atoms with van der Waals surface area (Å²) < 4.78 is 5.48. The second-order valence-corrected chi connectivity index (χ2v) is 20.7. The van der Waals surface area contributed by atoms with E-state index in [0.717, 1.165) is 51.4 Å². The van der Waals surface area contributed by atoms with Gasteiger partial charge < -0.3 is 20.3 Å². The lowest BCUT2D eigenvalue weighted by molar-refractivity contribution is -0.143. The third-order valence-corrected chi connectivity index (χ3v) is 14.2. The van der Waals surface area contributed by atoms with Gasteiger partial charge in [-0.25, -0.2) is 0 Å². The Labute approximate surface area is 406 Å². The zero-order valence-electron chi connectivity index (χ0n) is 44.3. The molecule has 0 aliphatic carbocycles. The van der Waals surface area contributed by atoms with Gasteiger partial charge in [-0.2, -0.15) is 0 Å². The minimum Gasteiger partial charge on any atom is -0.466 e. The number of amides is 1. The van der Waals surface area contributed by atoms with Crippen molar-refractivity contribution in [3.63, 3.8) is 0 Å². The van der Waals surface area contributed by atoms with Gasteiger partial charge in [-0.05, 0) is 25.7 Å². The van der Waals surface area contributed by atoms with Gasteiger partial charge in [0, 0.05) is 12.8 Å². The summed E-state index contributed by atoms with van der Waals surface area (Å²) in [5.74, 6) is -0.0445. The first-order valence-corrected chi connectivity index (χ1v) is 29.8. The molecule has 0 spiro atoms. The maximum atomic E-state index is 12.5. The number of unbranched alkanes of at least 4 members (excludes halogenated alkanes) is 45. The van der Waals surface area contributed by atoms with Gasteiger partial charge in [-0.3, -0.25) is 9.59 Å². The van der Waals surface area contributed by atoms with Crippen molar-refractivity contribution >= 4 is 11.9 Å². The Morgan fingerprint density at radius 3 is 0.938 bits per heavy atom. The lowest BCUT2D eigenvalue weighted by Crippen LogP contribution is -2.45. The fraction of sp³-hybridized carbons (Fsp3) is 0.966. The van der Waals surface area contributed by atoms with Gasteiger partial charge in [0.15, 0.2) is 0 Å². The summed E-state index contributed by atoms with van der Waals surface area (Å²) in [6, 6.07) is -0.550. The molecule has 0 heterocycles. The van der Waals surface area contributed by atoms with E-state index >= 15 is 0 Å². The lowest BCUT2D eigenvalue weighted by Gasteiger charge is -2.22. The normalized spacial score (nSPS) is 12.5. The van der Waals surface area contributed by atoms with Gasteiger partial charge >= 0.3 is 5.97 Å². The third-order valence-electron chi connectivity index (χ3n) is 14.2. The molecule has 0 radical (unpaired) electrons. The Morgan fingerprint density at radius 1 is 0.369 bits per heavy atom. The molecule has 0 aromatic carbocycles. The van der Waals surface area contributed by atoms with Crippen molar-refractivity contribution in [2.24, 2.45) is 0 Å². The van der Waals surface area contributed by atoms with Crippen LogP contribution in [0.15, 0.2) is 0 Å². The highest BCUT2D eigenvalue weighted by Crippen LogP contribution is 2.18. The second kappa shape index (κ2) is 55.5. The molecule has 3 N–H and O–H groups in total. The molecule has 0 aliphatic rings. The van der Waals surface area contributed by atoms with Crippen molar-refractivity contribution in [3.05, 3.63) is 0 Å². The Hall–Kier alpha value is -1.14. The van der Waals surface area contributed by atoms with E-state index in [-0.39, 0.29) is 18.5 Å². The van der Waals surface area contributed by atoms with E-state index in [1.165, 1.54) is 257 Å². The maximum Gasteiger partial charge on any atom is 0.305 e. The average Bonchev–Trinajstić information content (AvgIpc) is 3.31. The molecule has 6 heteroatoms. The molecule has 65 heavy (non-hydrogen) atoms. The standard InChI is InChI=1S/C59H117NO5/c1-3-5-7-9-11-13-15-17-19-20-21-22-23-25-27-31-35-39-43-47-51-57(62)56(55-61)60-58(63)52-48-44-40-36-32-28-26-30-34-38-42-46-50-54-65-59(64)53-49-45-41-37-33-29-24-18-16-14-12-10-8-6-4-2/h56-57,61-62H,3-55H2,1-2H3,(H,60,63). The zero-order chi connectivity index (χ0) is 47.2. The predicted octanol–water partition coefficient (Wildman–Crippen LogP) is 18.3. The molecule has 0 rings (SSSR count). The summed E-state index contributed by atoms with van der Waals surface area (Å²) in [6.45, 7) is 4.96. The summed E-state index contributed by atoms with van der Waals surface area (Å²) in [6.07, 6.45) is 63.8. The molecule has 0 bridgehead atoms. The number of hydrogen-bond acceptors (Lipinski definition) is 5. The Kier molecular flexibility index (Phi) is 54.5. The van der Waals surface area contributed by atoms with E-state index < -0.39 is 12.1 Å². The van der Waals surface area contributed by atoms with Crippen molar-refractivity contribution in [1.29, 1.82) is 0 Å². The van der Waals surface area contributed by atoms with Crippen LogP contribution in [0.4, 0.5) is 0 Å². The van der Waals surface area contributed by atoms with Crippen LogP contribution < -0.4 is 5.32 Å². The van der Waals surface area contributed by atoms with Crippen LogP contribution in [0.25, 0.3) is 0 Å². The SMILES string of the molecule is CCCCCCCCCCCCCCCCCCCCCCC(O)C(CO)NC(=O)CCCCCCCCCCCCCCCOC(=O)CCCCCCCCCCCCCCCCC. The lowest BCUT2D eigenvalue weighted by atomic mass is 10.0. The van der Waals surface area contributed by atoms with Gasteiger partial charge in [0.05, 0.1) is 25.4 Å². The summed E-state index contributed by atoms with van der Waals surface area (Å²) in [7, 11) is 0. The smallest absolute Gasteiger partial charge is 0.305 e. The topological polar surface area (TPSA) is 95.9 Å². The number of nitrogens with one attached hydrogen (secondary N) is 1. The van der Waals surface area contributed by atoms with Crippen LogP contribution in [0.3, 0.4) is 0 Å². The van der Waals surface area contributed by atoms with E-state index in [1.54, 1.807) is 0 Å². The molecule has 0 aromatic rings. The monoisotopic (exact) mass is 920 g/mol. The van der Waals surface area contributed by atoms with Crippen LogP contribution in [-0.2, 0) is 14.3 Å². The van der Waals surface area contributed by atoms with Gasteiger partial charge in [-0.1, -0.05) is 303 Å². The van der Waals surface area contributed by atoms with Crippen molar-refractivity contribution < 1.29 is 24.5 Å². The minimum atomic E-state index is -0.672. The van der Waals surface area contributed by atoms with Crippen molar-refractivity contribution in [1.82, 2.24) is 5.32 Å². The number of carbonyl (C=O) groups is 2. The quantitative estimate of drug-likeness (QED) is 0.0417. The first-order chi connectivity index (χ1) is 32.0. The van der Waals surface area contributed by atoms with E-state index in [1.807, 2.05) is 0 Å². The average molecular weight is 921 g/mol. The molecule has 6 nitrogen and oxygen atoms in total. The molecule has 0 saturated carbocycles. The fourth-order valence-electron chi connectivity index (χ4n) is 9.58. The van der Waals surface area contributed by atoms with Crippen molar-refractivity contribution in [2.75, 3.05) is 13.2 Å². The molecule has 2 atom stereocenters. The van der Waals surface area contributed by atoms with E-state index in [2.05, 4.69) is 19.2 Å². The van der Waals surface area contributed by atoms with Crippen LogP contribution in [0, 0.1) is 0 Å². The second-order valence-electron chi connectivity index (χ2n) is 20.7. The number of esters is 1. The summed E-state index contributed by atoms with van der Waals surface area (Å²) >= 11 is 0. The van der Waals surface area contributed by atoms with E-state index in [9.17, 15) is 19.8 Å². The first-order valence-electron chi connectivity index (χ1n) is 29.8. The minimum absolute atomic E-state index is 0.00113. The molecular formula is C59H117NO5. The van der Waals surface area contributed by atoms with Crippen LogP contribution in [0.1, 0.15) is 341 Å². The van der Waals surface area contributed by atoms with Crippen molar-refractivity contribution in [2.45, 2.75) is 353 Å². The number of aliphatic hydroxyl groups is 2. The molecule has 0 aliphatic heterocycles. The summed E-state index contributed by atoms with van der Waals surface area (Å²) in [5.41, 5.74) is 0. The largest absolute Gasteiger partial charge is 0.466 e. The Bertz CT molecular complexity index is 928. The fourth-order valence-corrected chi connectivity index (χ4v) is 9.58. The molecule has 0 fully saturated rings. The number of hydrogen-bond donors (Lipinski definition) is 3. The number of rotatable bonds is 56. The van der Waals surface area contributed by atoms with Gasteiger partial charge in [0.2, 0.25) is 5.91 Å². The zero-order valence-corrected chi connectivity index (χ0v) is 44.3. The Balaban J connectivity index is 3.42. The first kappa shape index (κ1) is 63.9. The van der Waals surface area contributed by atoms with Crippen LogP contribution in [0.5, 0.6) is 0 Å². The molecule has 0 saturated heterocycles. The highest BCUT2D eigenvalue weighted by molar-refractivity contribution is 5.76. The predicted molar refractivity (Wildman–Crippen MR) is 283 cm³/mol. The van der Waals surface area contributed by atoms with Crippen molar-refractivity contribution in [3.8, 4) is 0 Å². The highest BCUT2D eigenvalue weighted by atomic mass is 16.5. The number of ether oxygens (including phenoxy) is 1. The molecule has 1 amide bonds.